The standard InChI is InChI=1S/C11H11ClNS/c1-13-7-10(14-2)11(12)8-5-3-4-6-9(8)13/h3-7H,1-2H3/q+1. The Morgan fingerprint density at radius 3 is 2.71 bits per heavy atom. The van der Waals surface area contributed by atoms with E-state index in [1.54, 1.807) is 11.8 Å². The summed E-state index contributed by atoms with van der Waals surface area (Å²) in [6.07, 6.45) is 4.10. The molecule has 0 amide bonds. The van der Waals surface area contributed by atoms with Crippen LogP contribution in [-0.4, -0.2) is 6.26 Å². The summed E-state index contributed by atoms with van der Waals surface area (Å²) in [6, 6.07) is 8.17. The molecule has 0 radical (unpaired) electrons. The number of halogens is 1. The molecule has 0 aliphatic rings. The second-order valence-electron chi connectivity index (χ2n) is 3.14. The molecule has 1 heterocycles. The number of aromatic nitrogens is 1. The molecule has 1 aromatic carbocycles. The van der Waals surface area contributed by atoms with Gasteiger partial charge in [0.15, 0.2) is 6.20 Å². The highest BCUT2D eigenvalue weighted by Gasteiger charge is 2.12. The Morgan fingerprint density at radius 2 is 2.00 bits per heavy atom. The van der Waals surface area contributed by atoms with Crippen LogP contribution in [0.4, 0.5) is 0 Å². The quantitative estimate of drug-likeness (QED) is 0.532. The van der Waals surface area contributed by atoms with Crippen LogP contribution >= 0.6 is 23.4 Å². The third kappa shape index (κ3) is 1.49. The van der Waals surface area contributed by atoms with Crippen LogP contribution in [0.3, 0.4) is 0 Å². The van der Waals surface area contributed by atoms with Crippen LogP contribution in [0.25, 0.3) is 10.9 Å². The number of rotatable bonds is 1. The number of para-hydroxylation sites is 1. The molecule has 0 N–H and O–H groups in total. The van der Waals surface area contributed by atoms with Gasteiger partial charge in [-0.25, -0.2) is 0 Å². The van der Waals surface area contributed by atoms with Gasteiger partial charge in [0.05, 0.1) is 15.3 Å². The number of hydrogen-bond acceptors (Lipinski definition) is 1. The van der Waals surface area contributed by atoms with Gasteiger partial charge in [-0.3, -0.25) is 0 Å². The fourth-order valence-electron chi connectivity index (χ4n) is 1.54. The summed E-state index contributed by atoms with van der Waals surface area (Å²) in [5, 5.41) is 1.97. The van der Waals surface area contributed by atoms with Gasteiger partial charge in [0.1, 0.15) is 7.05 Å². The zero-order valence-electron chi connectivity index (χ0n) is 8.12. The predicted molar refractivity (Wildman–Crippen MR) is 61.9 cm³/mol. The van der Waals surface area contributed by atoms with Crippen molar-refractivity contribution in [3.05, 3.63) is 35.5 Å². The maximum atomic E-state index is 6.28. The SMILES string of the molecule is CSc1c[n+](C)c2ccccc2c1Cl. The highest BCUT2D eigenvalue weighted by atomic mass is 35.5. The Hall–Kier alpha value is -0.730. The highest BCUT2D eigenvalue weighted by Crippen LogP contribution is 2.29. The smallest absolute Gasteiger partial charge is 0.200 e. The van der Waals surface area contributed by atoms with E-state index in [4.69, 9.17) is 11.6 Å². The minimum atomic E-state index is 0.853. The fraction of sp³-hybridized carbons (Fsp3) is 0.182. The van der Waals surface area contributed by atoms with Crippen molar-refractivity contribution in [1.82, 2.24) is 0 Å². The fourth-order valence-corrected chi connectivity index (χ4v) is 2.54. The van der Waals surface area contributed by atoms with Crippen molar-refractivity contribution in [2.75, 3.05) is 6.26 Å². The first-order chi connectivity index (χ1) is 6.74. The summed E-state index contributed by atoms with van der Waals surface area (Å²) < 4.78 is 2.10. The lowest BCUT2D eigenvalue weighted by Gasteiger charge is -2.02. The van der Waals surface area contributed by atoms with Crippen LogP contribution < -0.4 is 4.57 Å². The molecule has 0 atom stereocenters. The van der Waals surface area contributed by atoms with Crippen LogP contribution in [-0.2, 0) is 7.05 Å². The Balaban J connectivity index is 2.87. The minimum absolute atomic E-state index is 0.853. The number of aryl methyl sites for hydroxylation is 1. The molecule has 1 aromatic heterocycles. The van der Waals surface area contributed by atoms with Gasteiger partial charge in [0.25, 0.3) is 0 Å². The van der Waals surface area contributed by atoms with Crippen molar-refractivity contribution < 1.29 is 4.57 Å². The molecule has 0 unspecified atom stereocenters. The van der Waals surface area contributed by atoms with Crippen LogP contribution in [0.15, 0.2) is 35.4 Å². The van der Waals surface area contributed by atoms with Crippen molar-refractivity contribution in [3.8, 4) is 0 Å². The average molecular weight is 225 g/mol. The van der Waals surface area contributed by atoms with Crippen LogP contribution in [0.5, 0.6) is 0 Å². The van der Waals surface area contributed by atoms with E-state index < -0.39 is 0 Å². The summed E-state index contributed by atoms with van der Waals surface area (Å²) in [4.78, 5) is 1.12. The summed E-state index contributed by atoms with van der Waals surface area (Å²) in [5.74, 6) is 0. The Labute approximate surface area is 92.7 Å². The van der Waals surface area contributed by atoms with E-state index in [1.807, 2.05) is 25.4 Å². The first-order valence-corrected chi connectivity index (χ1v) is 5.95. The van der Waals surface area contributed by atoms with Crippen LogP contribution in [0.1, 0.15) is 0 Å². The van der Waals surface area contributed by atoms with E-state index in [9.17, 15) is 0 Å². The van der Waals surface area contributed by atoms with Crippen LogP contribution in [0, 0.1) is 0 Å². The van der Waals surface area contributed by atoms with E-state index in [0.29, 0.717) is 0 Å². The number of thioether (sulfide) groups is 1. The number of fused-ring (bicyclic) bond motifs is 1. The van der Waals surface area contributed by atoms with Gasteiger partial charge < -0.3 is 0 Å². The van der Waals surface area contributed by atoms with Crippen molar-refractivity contribution in [3.63, 3.8) is 0 Å². The lowest BCUT2D eigenvalue weighted by atomic mass is 10.2. The number of benzene rings is 1. The lowest BCUT2D eigenvalue weighted by Crippen LogP contribution is -2.28. The molecule has 0 saturated carbocycles. The van der Waals surface area contributed by atoms with Crippen molar-refractivity contribution in [1.29, 1.82) is 0 Å². The van der Waals surface area contributed by atoms with Gasteiger partial charge in [0.2, 0.25) is 5.52 Å². The molecule has 0 fully saturated rings. The summed E-state index contributed by atoms with van der Waals surface area (Å²) >= 11 is 7.95. The Morgan fingerprint density at radius 1 is 1.29 bits per heavy atom. The molecule has 0 saturated heterocycles. The Bertz CT molecular complexity index is 482. The summed E-state index contributed by atoms with van der Waals surface area (Å²) in [6.45, 7) is 0. The first-order valence-electron chi connectivity index (χ1n) is 4.35. The first kappa shape index (κ1) is 9.81. The molecule has 0 bridgehead atoms. The van der Waals surface area contributed by atoms with Crippen molar-refractivity contribution >= 4 is 34.3 Å². The number of nitrogens with zero attached hydrogens (tertiary/aromatic N) is 1. The molecule has 2 aromatic rings. The highest BCUT2D eigenvalue weighted by molar-refractivity contribution is 7.98. The van der Waals surface area contributed by atoms with Gasteiger partial charge >= 0.3 is 0 Å². The van der Waals surface area contributed by atoms with E-state index >= 15 is 0 Å². The molecule has 0 spiro atoms. The summed E-state index contributed by atoms with van der Waals surface area (Å²) in [5.41, 5.74) is 1.16. The van der Waals surface area contributed by atoms with Crippen LogP contribution in [0.2, 0.25) is 5.02 Å². The minimum Gasteiger partial charge on any atom is -0.200 e. The summed E-state index contributed by atoms with van der Waals surface area (Å²) in [7, 11) is 2.04. The second-order valence-corrected chi connectivity index (χ2v) is 4.37. The van der Waals surface area contributed by atoms with E-state index in [0.717, 1.165) is 20.8 Å². The zero-order chi connectivity index (χ0) is 10.1. The lowest BCUT2D eigenvalue weighted by molar-refractivity contribution is -0.646. The maximum Gasteiger partial charge on any atom is 0.213 e. The second kappa shape index (κ2) is 3.79. The average Bonchev–Trinajstić information content (AvgIpc) is 2.23. The van der Waals surface area contributed by atoms with E-state index in [-0.39, 0.29) is 0 Å². The third-order valence-electron chi connectivity index (χ3n) is 2.27. The molecule has 0 aliphatic heterocycles. The van der Waals surface area contributed by atoms with Crippen molar-refractivity contribution in [2.24, 2.45) is 7.05 Å². The molecule has 2 rings (SSSR count). The van der Waals surface area contributed by atoms with Gasteiger partial charge in [-0.05, 0) is 12.3 Å². The largest absolute Gasteiger partial charge is 0.213 e. The topological polar surface area (TPSA) is 3.88 Å². The number of hydrogen-bond donors (Lipinski definition) is 0. The zero-order valence-corrected chi connectivity index (χ0v) is 9.69. The van der Waals surface area contributed by atoms with Crippen molar-refractivity contribution in [2.45, 2.75) is 4.90 Å². The molecule has 14 heavy (non-hydrogen) atoms. The predicted octanol–water partition coefficient (Wildman–Crippen LogP) is 3.04. The van der Waals surface area contributed by atoms with E-state index in [2.05, 4.69) is 22.9 Å². The number of pyridine rings is 1. The molecule has 3 heteroatoms. The molecular formula is C11H11ClNS+. The molecule has 72 valence electrons. The van der Waals surface area contributed by atoms with E-state index in [1.165, 1.54) is 0 Å². The van der Waals surface area contributed by atoms with Gasteiger partial charge in [-0.1, -0.05) is 23.7 Å². The van der Waals surface area contributed by atoms with Gasteiger partial charge in [-0.15, -0.1) is 11.8 Å². The third-order valence-corrected chi connectivity index (χ3v) is 3.54. The molecular weight excluding hydrogens is 214 g/mol. The Kier molecular flexibility index (Phi) is 2.66. The molecule has 0 aliphatic carbocycles. The monoisotopic (exact) mass is 224 g/mol. The normalized spacial score (nSPS) is 10.8. The maximum absolute atomic E-state index is 6.28. The molecule has 1 nitrogen and oxygen atoms in total. The van der Waals surface area contributed by atoms with Gasteiger partial charge in [-0.2, -0.15) is 4.57 Å². The van der Waals surface area contributed by atoms with Gasteiger partial charge in [0, 0.05) is 6.07 Å².